The lowest BCUT2D eigenvalue weighted by Crippen LogP contribution is -2.16. The summed E-state index contributed by atoms with van der Waals surface area (Å²) in [5.74, 6) is 0. The maximum absolute atomic E-state index is 3.33. The Morgan fingerprint density at radius 1 is 1.43 bits per heavy atom. The Labute approximate surface area is 86.6 Å². The molecule has 2 heteroatoms. The van der Waals surface area contributed by atoms with Gasteiger partial charge >= 0.3 is 0 Å². The molecule has 1 aliphatic heterocycles. The lowest BCUT2D eigenvalue weighted by atomic mass is 9.96. The van der Waals surface area contributed by atoms with Crippen LogP contribution in [-0.4, -0.2) is 13.6 Å². The van der Waals surface area contributed by atoms with Gasteiger partial charge in [-0.25, -0.2) is 0 Å². The van der Waals surface area contributed by atoms with Gasteiger partial charge in [0, 0.05) is 19.7 Å². The van der Waals surface area contributed by atoms with Crippen molar-refractivity contribution in [3.63, 3.8) is 0 Å². The predicted molar refractivity (Wildman–Crippen MR) is 61.8 cm³/mol. The minimum absolute atomic E-state index is 0. The van der Waals surface area contributed by atoms with Gasteiger partial charge in [0.25, 0.3) is 0 Å². The van der Waals surface area contributed by atoms with Gasteiger partial charge in [-0.15, -0.1) is 0 Å². The largest absolute Gasteiger partial charge is 0.364 e. The highest BCUT2D eigenvalue weighted by Gasteiger charge is 2.12. The molecule has 0 aromatic rings. The summed E-state index contributed by atoms with van der Waals surface area (Å²) >= 11 is 0. The van der Waals surface area contributed by atoms with Crippen LogP contribution in [0.2, 0.25) is 0 Å². The fraction of sp³-hybridized carbons (Fsp3) is 0.333. The van der Waals surface area contributed by atoms with Crippen molar-refractivity contribution in [3.8, 4) is 0 Å². The summed E-state index contributed by atoms with van der Waals surface area (Å²) in [6.45, 7) is 1.04. The molecule has 2 nitrogen and oxygen atoms in total. The number of hydrogen-bond acceptors (Lipinski definition) is 2. The molecular formula is C12H18N2. The van der Waals surface area contributed by atoms with E-state index in [1.54, 1.807) is 0 Å². The van der Waals surface area contributed by atoms with Crippen molar-refractivity contribution in [2.75, 3.05) is 13.6 Å². The Kier molecular flexibility index (Phi) is 2.84. The van der Waals surface area contributed by atoms with Gasteiger partial charge in [-0.3, -0.25) is 0 Å². The normalized spacial score (nSPS) is 19.1. The molecule has 1 aliphatic carbocycles. The molecule has 0 saturated heterocycles. The topological polar surface area (TPSA) is 24.1 Å². The molecule has 0 atom stereocenters. The number of hydrogen-bond donors (Lipinski definition) is 2. The van der Waals surface area contributed by atoms with Gasteiger partial charge in [0.05, 0.1) is 0 Å². The van der Waals surface area contributed by atoms with E-state index in [0.717, 1.165) is 19.4 Å². The molecule has 2 aliphatic rings. The van der Waals surface area contributed by atoms with Gasteiger partial charge in [-0.05, 0) is 37.2 Å². The van der Waals surface area contributed by atoms with E-state index in [0.29, 0.717) is 0 Å². The van der Waals surface area contributed by atoms with Crippen LogP contribution in [0.3, 0.4) is 0 Å². The predicted octanol–water partition coefficient (Wildman–Crippen LogP) is 2.10. The summed E-state index contributed by atoms with van der Waals surface area (Å²) in [4.78, 5) is 0. The molecular weight excluding hydrogens is 172 g/mol. The molecule has 2 N–H and O–H groups in total. The van der Waals surface area contributed by atoms with Crippen molar-refractivity contribution < 1.29 is 1.43 Å². The van der Waals surface area contributed by atoms with Crippen LogP contribution in [0.25, 0.3) is 0 Å². The van der Waals surface area contributed by atoms with Crippen LogP contribution in [0.5, 0.6) is 0 Å². The van der Waals surface area contributed by atoms with E-state index < -0.39 is 0 Å². The average molecular weight is 190 g/mol. The molecule has 0 spiro atoms. The SMILES string of the molecule is CNCCC1=CNC2=CC=CC=C1C2.[HH]. The standard InChI is InChI=1S/C12H16N2.H2/c1-13-7-6-11-9-14-12-5-3-2-4-10(11)8-12;/h2-5,9,13-14H,6-8H2,1H3;1H. The van der Waals surface area contributed by atoms with Crippen LogP contribution in [-0.2, 0) is 0 Å². The molecule has 0 unspecified atom stereocenters. The maximum atomic E-state index is 3.33. The van der Waals surface area contributed by atoms with E-state index >= 15 is 0 Å². The van der Waals surface area contributed by atoms with Gasteiger partial charge in [0.1, 0.15) is 0 Å². The van der Waals surface area contributed by atoms with Crippen molar-refractivity contribution in [3.05, 3.63) is 47.3 Å². The molecule has 0 aromatic carbocycles. The Morgan fingerprint density at radius 3 is 3.14 bits per heavy atom. The van der Waals surface area contributed by atoms with Crippen molar-refractivity contribution in [2.45, 2.75) is 12.8 Å². The third kappa shape index (κ3) is 1.96. The second kappa shape index (κ2) is 4.29. The molecule has 2 rings (SSSR count). The summed E-state index contributed by atoms with van der Waals surface area (Å²) in [5.41, 5.74) is 4.15. The van der Waals surface area contributed by atoms with E-state index in [9.17, 15) is 0 Å². The summed E-state index contributed by atoms with van der Waals surface area (Å²) in [7, 11) is 1.99. The first-order chi connectivity index (χ1) is 6.90. The van der Waals surface area contributed by atoms with Gasteiger partial charge in [-0.2, -0.15) is 0 Å². The Hall–Kier alpha value is -1.28. The van der Waals surface area contributed by atoms with Gasteiger partial charge in [-0.1, -0.05) is 18.2 Å². The Morgan fingerprint density at radius 2 is 2.29 bits per heavy atom. The van der Waals surface area contributed by atoms with E-state index in [4.69, 9.17) is 0 Å². The quantitative estimate of drug-likeness (QED) is 0.712. The lowest BCUT2D eigenvalue weighted by Gasteiger charge is -2.19. The number of allylic oxidation sites excluding steroid dienone is 5. The fourth-order valence-electron chi connectivity index (χ4n) is 1.75. The number of rotatable bonds is 3. The first-order valence-corrected chi connectivity index (χ1v) is 5.07. The maximum Gasteiger partial charge on any atom is 0.0191 e. The summed E-state index contributed by atoms with van der Waals surface area (Å²) in [6, 6.07) is 0. The highest BCUT2D eigenvalue weighted by Crippen LogP contribution is 2.26. The smallest absolute Gasteiger partial charge is 0.0191 e. The second-order valence-corrected chi connectivity index (χ2v) is 3.61. The highest BCUT2D eigenvalue weighted by molar-refractivity contribution is 5.43. The van der Waals surface area contributed by atoms with Gasteiger partial charge in [0.15, 0.2) is 0 Å². The van der Waals surface area contributed by atoms with Crippen molar-refractivity contribution in [1.29, 1.82) is 0 Å². The van der Waals surface area contributed by atoms with Crippen molar-refractivity contribution >= 4 is 0 Å². The van der Waals surface area contributed by atoms with Crippen LogP contribution in [0, 0.1) is 0 Å². The monoisotopic (exact) mass is 190 g/mol. The number of fused-ring (bicyclic) bond motifs is 2. The molecule has 76 valence electrons. The van der Waals surface area contributed by atoms with Crippen LogP contribution >= 0.6 is 0 Å². The van der Waals surface area contributed by atoms with E-state index in [1.807, 2.05) is 7.05 Å². The third-order valence-corrected chi connectivity index (χ3v) is 2.58. The van der Waals surface area contributed by atoms with Crippen LogP contribution in [0.4, 0.5) is 0 Å². The van der Waals surface area contributed by atoms with Crippen LogP contribution in [0.1, 0.15) is 14.3 Å². The second-order valence-electron chi connectivity index (χ2n) is 3.61. The average Bonchev–Trinajstić information content (AvgIpc) is 2.40. The summed E-state index contributed by atoms with van der Waals surface area (Å²) in [5, 5.41) is 6.50. The molecule has 0 aromatic heterocycles. The van der Waals surface area contributed by atoms with E-state index in [-0.39, 0.29) is 1.43 Å². The Balaban J connectivity index is 0.00000112. The molecule has 0 radical (unpaired) electrons. The van der Waals surface area contributed by atoms with Crippen LogP contribution < -0.4 is 10.6 Å². The minimum Gasteiger partial charge on any atom is -0.364 e. The summed E-state index contributed by atoms with van der Waals surface area (Å²) < 4.78 is 0. The summed E-state index contributed by atoms with van der Waals surface area (Å²) in [6.07, 6.45) is 12.8. The lowest BCUT2D eigenvalue weighted by molar-refractivity contribution is 0.766. The number of nitrogens with one attached hydrogen (secondary N) is 2. The van der Waals surface area contributed by atoms with E-state index in [1.165, 1.54) is 16.8 Å². The minimum atomic E-state index is 0. The van der Waals surface area contributed by atoms with Crippen LogP contribution in [0.15, 0.2) is 47.3 Å². The zero-order valence-corrected chi connectivity index (χ0v) is 8.51. The van der Waals surface area contributed by atoms with Gasteiger partial charge < -0.3 is 10.6 Å². The third-order valence-electron chi connectivity index (χ3n) is 2.58. The molecule has 1 heterocycles. The molecule has 14 heavy (non-hydrogen) atoms. The molecule has 0 fully saturated rings. The highest BCUT2D eigenvalue weighted by atomic mass is 14.9. The Bertz CT molecular complexity index is 338. The molecule has 2 bridgehead atoms. The first kappa shape index (κ1) is 9.28. The zero-order chi connectivity index (χ0) is 9.80. The fourth-order valence-corrected chi connectivity index (χ4v) is 1.75. The first-order valence-electron chi connectivity index (χ1n) is 5.07. The van der Waals surface area contributed by atoms with Crippen molar-refractivity contribution in [1.82, 2.24) is 10.6 Å². The van der Waals surface area contributed by atoms with E-state index in [2.05, 4.69) is 41.1 Å². The molecule has 0 amide bonds. The zero-order valence-electron chi connectivity index (χ0n) is 8.51. The van der Waals surface area contributed by atoms with Crippen molar-refractivity contribution in [2.24, 2.45) is 0 Å². The molecule has 0 saturated carbocycles. The van der Waals surface area contributed by atoms with Gasteiger partial charge in [0.2, 0.25) is 0 Å².